The fourth-order valence-corrected chi connectivity index (χ4v) is 4.12. The van der Waals surface area contributed by atoms with E-state index in [1.54, 1.807) is 0 Å². The van der Waals surface area contributed by atoms with Crippen LogP contribution in [0.3, 0.4) is 0 Å². The van der Waals surface area contributed by atoms with Crippen molar-refractivity contribution in [2.45, 2.75) is 0 Å². The topological polar surface area (TPSA) is 3.24 Å². The van der Waals surface area contributed by atoms with E-state index in [0.29, 0.717) is 0 Å². The number of nitrogens with zero attached hydrogens (tertiary/aromatic N) is 1. The predicted octanol–water partition coefficient (Wildman–Crippen LogP) is 6.75. The molecule has 1 nitrogen and oxygen atoms in total. The first-order chi connectivity index (χ1) is 15.8. The molecule has 0 saturated heterocycles. The first-order valence-corrected chi connectivity index (χ1v) is 11.0. The van der Waals surface area contributed by atoms with Gasteiger partial charge in [-0.3, -0.25) is 0 Å². The van der Waals surface area contributed by atoms with Crippen LogP contribution in [0, 0.1) is 0 Å². The third-order valence-corrected chi connectivity index (χ3v) is 5.68. The van der Waals surface area contributed by atoms with Gasteiger partial charge in [0.2, 0.25) is 0 Å². The van der Waals surface area contributed by atoms with Crippen molar-refractivity contribution >= 4 is 30.4 Å². The summed E-state index contributed by atoms with van der Waals surface area (Å²) in [5.74, 6) is 0. The minimum Gasteiger partial charge on any atom is -0.310 e. The molecule has 5 aromatic carbocycles. The van der Waals surface area contributed by atoms with E-state index in [1.165, 1.54) is 27.7 Å². The lowest BCUT2D eigenvalue weighted by molar-refractivity contribution is 1.29. The fourth-order valence-electron chi connectivity index (χ4n) is 4.12. The van der Waals surface area contributed by atoms with Crippen molar-refractivity contribution in [1.29, 1.82) is 0 Å². The molecule has 0 saturated carbocycles. The molecule has 0 atom stereocenters. The zero-order chi connectivity index (χ0) is 21.8. The number of anilines is 3. The van der Waals surface area contributed by atoms with Crippen molar-refractivity contribution in [3.63, 3.8) is 0 Å². The molecule has 32 heavy (non-hydrogen) atoms. The molecular weight excluding hydrogens is 385 g/mol. The van der Waals surface area contributed by atoms with E-state index >= 15 is 0 Å². The first-order valence-electron chi connectivity index (χ1n) is 11.0. The third kappa shape index (κ3) is 4.21. The van der Waals surface area contributed by atoms with Crippen LogP contribution < -0.4 is 10.4 Å². The fraction of sp³-hybridized carbons (Fsp3) is 0. The summed E-state index contributed by atoms with van der Waals surface area (Å²) in [5.41, 5.74) is 9.53. The van der Waals surface area contributed by atoms with Crippen LogP contribution >= 0.6 is 0 Å². The Morgan fingerprint density at radius 3 is 1.25 bits per heavy atom. The molecule has 0 aliphatic rings. The Labute approximate surface area is 191 Å². The largest absolute Gasteiger partial charge is 0.310 e. The van der Waals surface area contributed by atoms with Gasteiger partial charge in [0.1, 0.15) is 7.85 Å². The van der Waals surface area contributed by atoms with Gasteiger partial charge in [0, 0.05) is 17.1 Å². The highest BCUT2D eigenvalue weighted by Gasteiger charge is 2.14. The zero-order valence-electron chi connectivity index (χ0n) is 18.1. The number of rotatable bonds is 5. The lowest BCUT2D eigenvalue weighted by Crippen LogP contribution is -2.13. The summed E-state index contributed by atoms with van der Waals surface area (Å²) in [6, 6.07) is 47.3. The van der Waals surface area contributed by atoms with Crippen LogP contribution in [0.2, 0.25) is 0 Å². The molecule has 0 bridgehead atoms. The minimum atomic E-state index is 1.14. The quantitative estimate of drug-likeness (QED) is 0.290. The molecule has 0 spiro atoms. The van der Waals surface area contributed by atoms with Gasteiger partial charge < -0.3 is 4.90 Å². The summed E-state index contributed by atoms with van der Waals surface area (Å²) in [4.78, 5) is 2.34. The summed E-state index contributed by atoms with van der Waals surface area (Å²) in [6.45, 7) is 0. The van der Waals surface area contributed by atoms with E-state index in [4.69, 9.17) is 0 Å². The second-order valence-corrected chi connectivity index (χ2v) is 8.01. The second-order valence-electron chi connectivity index (χ2n) is 8.01. The summed E-state index contributed by atoms with van der Waals surface area (Å²) < 4.78 is 0. The molecule has 152 valence electrons. The summed E-state index contributed by atoms with van der Waals surface area (Å²) in [7, 11) is 2.14. The Kier molecular flexibility index (Phi) is 5.59. The smallest absolute Gasteiger partial charge is 0.139 e. The van der Waals surface area contributed by atoms with Gasteiger partial charge in [-0.25, -0.2) is 0 Å². The lowest BCUT2D eigenvalue weighted by Gasteiger charge is -2.27. The molecule has 0 heterocycles. The summed E-state index contributed by atoms with van der Waals surface area (Å²) in [5, 5.41) is 0. The molecule has 5 rings (SSSR count). The van der Waals surface area contributed by atoms with Gasteiger partial charge in [-0.2, -0.15) is 0 Å². The summed E-state index contributed by atoms with van der Waals surface area (Å²) >= 11 is 0. The van der Waals surface area contributed by atoms with Gasteiger partial charge in [-0.15, -0.1) is 0 Å². The maximum absolute atomic E-state index is 2.34. The van der Waals surface area contributed by atoms with E-state index < -0.39 is 0 Å². The van der Waals surface area contributed by atoms with Crippen LogP contribution in [0.5, 0.6) is 0 Å². The van der Waals surface area contributed by atoms with E-state index in [-0.39, 0.29) is 0 Å². The molecular formula is C30H24BN. The van der Waals surface area contributed by atoms with Crippen molar-refractivity contribution in [2.24, 2.45) is 0 Å². The van der Waals surface area contributed by atoms with Gasteiger partial charge >= 0.3 is 0 Å². The molecule has 2 heteroatoms. The highest BCUT2D eigenvalue weighted by atomic mass is 15.1. The molecule has 0 aromatic heterocycles. The van der Waals surface area contributed by atoms with Crippen LogP contribution in [0.1, 0.15) is 0 Å². The van der Waals surface area contributed by atoms with Crippen LogP contribution in [0.15, 0.2) is 133 Å². The summed E-state index contributed by atoms with van der Waals surface area (Å²) in [6.07, 6.45) is 0. The Morgan fingerprint density at radius 1 is 0.375 bits per heavy atom. The van der Waals surface area contributed by atoms with Crippen LogP contribution in [-0.2, 0) is 0 Å². The van der Waals surface area contributed by atoms with E-state index in [1.807, 2.05) is 0 Å². The lowest BCUT2D eigenvalue weighted by atomic mass is 9.95. The average Bonchev–Trinajstić information content (AvgIpc) is 2.86. The highest BCUT2D eigenvalue weighted by Crippen LogP contribution is 2.37. The number of hydrogen-bond donors (Lipinski definition) is 0. The van der Waals surface area contributed by atoms with Gasteiger partial charge in [-0.05, 0) is 58.7 Å². The predicted molar refractivity (Wildman–Crippen MR) is 140 cm³/mol. The number of benzene rings is 5. The highest BCUT2D eigenvalue weighted by molar-refractivity contribution is 6.32. The van der Waals surface area contributed by atoms with Crippen molar-refractivity contribution in [1.82, 2.24) is 0 Å². The van der Waals surface area contributed by atoms with Crippen LogP contribution in [0.25, 0.3) is 22.3 Å². The molecule has 0 fully saturated rings. The first kappa shape index (κ1) is 19.9. The molecule has 5 aromatic rings. The minimum absolute atomic E-state index is 1.14. The maximum atomic E-state index is 2.34. The van der Waals surface area contributed by atoms with Crippen LogP contribution in [-0.4, -0.2) is 7.85 Å². The molecule has 0 radical (unpaired) electrons. The van der Waals surface area contributed by atoms with Gasteiger partial charge in [0.25, 0.3) is 0 Å². The van der Waals surface area contributed by atoms with Gasteiger partial charge in [0.05, 0.1) is 0 Å². The van der Waals surface area contributed by atoms with E-state index in [0.717, 1.165) is 17.1 Å². The normalized spacial score (nSPS) is 10.6. The van der Waals surface area contributed by atoms with E-state index in [9.17, 15) is 0 Å². The second kappa shape index (κ2) is 8.99. The third-order valence-electron chi connectivity index (χ3n) is 5.68. The maximum Gasteiger partial charge on any atom is 0.139 e. The number of hydrogen-bond acceptors (Lipinski definition) is 1. The molecule has 0 unspecified atom stereocenters. The average molecular weight is 409 g/mol. The van der Waals surface area contributed by atoms with Crippen molar-refractivity contribution in [3.05, 3.63) is 133 Å². The molecule has 0 aliphatic carbocycles. The van der Waals surface area contributed by atoms with Crippen molar-refractivity contribution < 1.29 is 0 Å². The van der Waals surface area contributed by atoms with Gasteiger partial charge in [0.15, 0.2) is 0 Å². The van der Waals surface area contributed by atoms with Crippen LogP contribution in [0.4, 0.5) is 17.1 Å². The molecule has 0 amide bonds. The van der Waals surface area contributed by atoms with Gasteiger partial charge in [-0.1, -0.05) is 103 Å². The standard InChI is InChI=1S/C30H24BN/c31-27-16-9-19-30(22-27)32(28-17-7-14-25(20-28)23-10-3-1-4-11-23)29-18-8-15-26(21-29)24-12-5-2-6-13-24/h1-22H,31H2. The molecule has 0 aliphatic heterocycles. The Bertz CT molecular complexity index is 1250. The Balaban J connectivity index is 1.65. The molecule has 0 N–H and O–H groups in total. The Morgan fingerprint density at radius 2 is 0.781 bits per heavy atom. The zero-order valence-corrected chi connectivity index (χ0v) is 18.1. The van der Waals surface area contributed by atoms with Crippen molar-refractivity contribution in [3.8, 4) is 22.3 Å². The SMILES string of the molecule is Bc1cccc(N(c2cccc(-c3ccccc3)c2)c2cccc(-c3ccccc3)c2)c1. The monoisotopic (exact) mass is 409 g/mol. The van der Waals surface area contributed by atoms with E-state index in [2.05, 4.69) is 146 Å². The van der Waals surface area contributed by atoms with Crippen molar-refractivity contribution in [2.75, 3.05) is 4.90 Å². The Hall–Kier alpha value is -4.04.